The molecule has 1 amide bonds. The molecule has 0 bridgehead atoms. The smallest absolute Gasteiger partial charge is 0.404 e. The number of rotatable bonds is 1. The van der Waals surface area contributed by atoms with Crippen molar-refractivity contribution in [2.45, 2.75) is 6.92 Å². The Labute approximate surface area is 103 Å². The molecule has 98 valence electrons. The molecule has 8 heteroatoms. The van der Waals surface area contributed by atoms with Crippen LogP contribution in [-0.2, 0) is 4.74 Å². The molecule has 18 heavy (non-hydrogen) atoms. The van der Waals surface area contributed by atoms with Crippen molar-refractivity contribution in [3.05, 3.63) is 47.7 Å². The monoisotopic (exact) mass is 253 g/mol. The van der Waals surface area contributed by atoms with E-state index in [-0.39, 0.29) is 5.69 Å². The topological polar surface area (TPSA) is 127 Å². The highest BCUT2D eigenvalue weighted by molar-refractivity contribution is 5.64. The lowest BCUT2D eigenvalue weighted by molar-refractivity contribution is 0.163. The Morgan fingerprint density at radius 3 is 2.39 bits per heavy atom. The first-order valence-electron chi connectivity index (χ1n) is 5.01. The van der Waals surface area contributed by atoms with Gasteiger partial charge >= 0.3 is 11.8 Å². The van der Waals surface area contributed by atoms with Crippen LogP contribution in [0.5, 0.6) is 0 Å². The van der Waals surface area contributed by atoms with Gasteiger partial charge in [-0.25, -0.2) is 19.6 Å². The van der Waals surface area contributed by atoms with Crippen LogP contribution in [0.15, 0.2) is 42.0 Å². The molecule has 4 N–H and O–H groups in total. The second-order valence-electron chi connectivity index (χ2n) is 2.60. The molecule has 0 saturated heterocycles. The molecule has 8 nitrogen and oxygen atoms in total. The minimum Gasteiger partial charge on any atom is -0.450 e. The van der Waals surface area contributed by atoms with Crippen LogP contribution in [0.1, 0.15) is 6.92 Å². The number of imidazole rings is 1. The first-order chi connectivity index (χ1) is 8.66. The molecule has 2 rings (SSSR count). The molecule has 0 aliphatic rings. The van der Waals surface area contributed by atoms with Crippen molar-refractivity contribution in [3.63, 3.8) is 0 Å². The molecule has 0 radical (unpaired) electrons. The van der Waals surface area contributed by atoms with Gasteiger partial charge in [-0.05, 0) is 13.0 Å². The second-order valence-corrected chi connectivity index (χ2v) is 2.60. The average Bonchev–Trinajstić information content (AvgIpc) is 2.89. The van der Waals surface area contributed by atoms with E-state index in [1.165, 1.54) is 12.4 Å². The predicted octanol–water partition coefficient (Wildman–Crippen LogP) is 0.281. The molecular weight excluding hydrogens is 238 g/mol. The van der Waals surface area contributed by atoms with E-state index < -0.39 is 6.09 Å². The lowest BCUT2D eigenvalue weighted by atomic mass is 10.7. The van der Waals surface area contributed by atoms with E-state index in [0.717, 1.165) is 0 Å². The number of H-pyrrole nitrogens is 2. The fourth-order valence-corrected chi connectivity index (χ4v) is 0.668. The number of aromatic amines is 2. The number of hydrogen-bond donors (Lipinski definition) is 3. The number of nitrogens with one attached hydrogen (secondary N) is 2. The van der Waals surface area contributed by atoms with Gasteiger partial charge in [0.15, 0.2) is 0 Å². The van der Waals surface area contributed by atoms with Gasteiger partial charge in [-0.2, -0.15) is 0 Å². The maximum Gasteiger partial charge on any atom is 0.404 e. The van der Waals surface area contributed by atoms with Crippen LogP contribution < -0.4 is 11.4 Å². The Morgan fingerprint density at radius 2 is 2.22 bits per heavy atom. The van der Waals surface area contributed by atoms with Crippen LogP contribution in [0.3, 0.4) is 0 Å². The van der Waals surface area contributed by atoms with Crippen LogP contribution in [0, 0.1) is 0 Å². The highest BCUT2D eigenvalue weighted by atomic mass is 16.5. The van der Waals surface area contributed by atoms with Gasteiger partial charge in [-0.3, -0.25) is 0 Å². The maximum absolute atomic E-state index is 10.1. The van der Waals surface area contributed by atoms with Gasteiger partial charge < -0.3 is 20.4 Å². The zero-order chi connectivity index (χ0) is 13.6. The van der Waals surface area contributed by atoms with Gasteiger partial charge in [-0.15, -0.1) is 0 Å². The first-order valence-corrected chi connectivity index (χ1v) is 5.01. The summed E-state index contributed by atoms with van der Waals surface area (Å²) >= 11 is 0. The van der Waals surface area contributed by atoms with E-state index in [1.54, 1.807) is 31.7 Å². The Balaban J connectivity index is 0.000000244. The molecule has 2 aromatic heterocycles. The third-order valence-corrected chi connectivity index (χ3v) is 1.27. The number of primary amides is 1. The Hall–Kier alpha value is -2.64. The Bertz CT molecular complexity index is 420. The second kappa shape index (κ2) is 10.9. The summed E-state index contributed by atoms with van der Waals surface area (Å²) in [6, 6.07) is 1.65. The summed E-state index contributed by atoms with van der Waals surface area (Å²) in [6.45, 7) is 2.06. The van der Waals surface area contributed by atoms with Crippen molar-refractivity contribution >= 4 is 6.09 Å². The van der Waals surface area contributed by atoms with Crippen molar-refractivity contribution in [3.8, 4) is 0 Å². The van der Waals surface area contributed by atoms with Gasteiger partial charge in [0.2, 0.25) is 0 Å². The fraction of sp³-hybridized carbons (Fsp3) is 0.200. The number of aromatic nitrogens is 4. The predicted molar refractivity (Wildman–Crippen MR) is 64.7 cm³/mol. The van der Waals surface area contributed by atoms with Crippen LogP contribution in [0.25, 0.3) is 0 Å². The zero-order valence-corrected chi connectivity index (χ0v) is 9.87. The van der Waals surface area contributed by atoms with E-state index in [1.807, 2.05) is 0 Å². The van der Waals surface area contributed by atoms with Crippen molar-refractivity contribution in [1.82, 2.24) is 19.9 Å². The number of hydrogen-bond acceptors (Lipinski definition) is 5. The Morgan fingerprint density at radius 1 is 1.44 bits per heavy atom. The number of nitrogens with two attached hydrogens (primary N) is 1. The van der Waals surface area contributed by atoms with Crippen molar-refractivity contribution < 1.29 is 9.53 Å². The summed E-state index contributed by atoms with van der Waals surface area (Å²) in [7, 11) is 0. The van der Waals surface area contributed by atoms with Crippen LogP contribution in [0.2, 0.25) is 0 Å². The van der Waals surface area contributed by atoms with Crippen molar-refractivity contribution in [2.24, 2.45) is 5.73 Å². The summed E-state index contributed by atoms with van der Waals surface area (Å²) in [4.78, 5) is 31.9. The lowest BCUT2D eigenvalue weighted by Gasteiger charge is -1.89. The number of carbonyl (C=O) groups is 1. The van der Waals surface area contributed by atoms with Crippen LogP contribution >= 0.6 is 0 Å². The van der Waals surface area contributed by atoms with Gasteiger partial charge in [0, 0.05) is 24.8 Å². The SMILES string of the molecule is CCOC(N)=O.O=c1nccc[nH]1.c1c[nH]cn1. The number of carbonyl (C=O) groups excluding carboxylic acids is 1. The minimum atomic E-state index is -0.711. The zero-order valence-electron chi connectivity index (χ0n) is 9.87. The van der Waals surface area contributed by atoms with Gasteiger partial charge in [0.05, 0.1) is 12.9 Å². The first kappa shape index (κ1) is 15.4. The molecular formula is C10H15N5O3. The molecule has 0 saturated carbocycles. The summed E-state index contributed by atoms with van der Waals surface area (Å²) in [6.07, 6.45) is 7.35. The lowest BCUT2D eigenvalue weighted by Crippen LogP contribution is -2.11. The number of amides is 1. The van der Waals surface area contributed by atoms with E-state index in [2.05, 4.69) is 30.4 Å². The van der Waals surface area contributed by atoms with Crippen molar-refractivity contribution in [2.75, 3.05) is 6.61 Å². The molecule has 0 spiro atoms. The van der Waals surface area contributed by atoms with Crippen molar-refractivity contribution in [1.29, 1.82) is 0 Å². The molecule has 2 aromatic rings. The van der Waals surface area contributed by atoms with Gasteiger partial charge in [0.1, 0.15) is 0 Å². The molecule has 0 aliphatic heterocycles. The maximum atomic E-state index is 10.1. The third-order valence-electron chi connectivity index (χ3n) is 1.27. The average molecular weight is 253 g/mol. The van der Waals surface area contributed by atoms with Gasteiger partial charge in [-0.1, -0.05) is 0 Å². The number of nitrogens with zero attached hydrogens (tertiary/aromatic N) is 2. The highest BCUT2D eigenvalue weighted by Crippen LogP contribution is 1.66. The molecule has 0 aromatic carbocycles. The summed E-state index contributed by atoms with van der Waals surface area (Å²) in [5.41, 5.74) is 4.24. The quantitative estimate of drug-likeness (QED) is 0.672. The molecule has 2 heterocycles. The highest BCUT2D eigenvalue weighted by Gasteiger charge is 1.82. The van der Waals surface area contributed by atoms with E-state index >= 15 is 0 Å². The van der Waals surface area contributed by atoms with Crippen LogP contribution in [0.4, 0.5) is 4.79 Å². The molecule has 0 atom stereocenters. The standard InChI is InChI=1S/C4H4N2O.C3H4N2.C3H7NO2/c7-4-5-2-1-3-6-4;1-2-5-3-4-1;1-2-6-3(4)5/h1-3H,(H,5,6,7);1-3H,(H,4,5);2H2,1H3,(H2,4,5). The molecule has 0 fully saturated rings. The Kier molecular flexibility index (Phi) is 9.27. The fourth-order valence-electron chi connectivity index (χ4n) is 0.668. The van der Waals surface area contributed by atoms with Gasteiger partial charge in [0.25, 0.3) is 0 Å². The largest absolute Gasteiger partial charge is 0.450 e. The van der Waals surface area contributed by atoms with E-state index in [9.17, 15) is 9.59 Å². The minimum absolute atomic E-state index is 0.303. The van der Waals surface area contributed by atoms with Crippen LogP contribution in [-0.4, -0.2) is 32.6 Å². The summed E-state index contributed by atoms with van der Waals surface area (Å²) in [5, 5.41) is 0. The van der Waals surface area contributed by atoms with E-state index in [4.69, 9.17) is 0 Å². The third kappa shape index (κ3) is 11.4. The molecule has 0 aliphatic carbocycles. The summed E-state index contributed by atoms with van der Waals surface area (Å²) < 4.78 is 4.18. The van der Waals surface area contributed by atoms with E-state index in [0.29, 0.717) is 6.61 Å². The normalized spacial score (nSPS) is 8.06. The summed E-state index contributed by atoms with van der Waals surface area (Å²) in [5.74, 6) is 0. The molecule has 0 unspecified atom stereocenters. The number of ether oxygens (including phenoxy) is 1.